The first kappa shape index (κ1) is 27.7. The van der Waals surface area contributed by atoms with Gasteiger partial charge in [-0.25, -0.2) is 0 Å². The Hall–Kier alpha value is -7.04. The molecule has 0 radical (unpaired) electrons. The molecule has 4 heterocycles. The second kappa shape index (κ2) is 10.3. The van der Waals surface area contributed by atoms with Gasteiger partial charge in [-0.05, 0) is 83.4 Å². The third-order valence-corrected chi connectivity index (χ3v) is 10.9. The van der Waals surface area contributed by atoms with Gasteiger partial charge in [-0.15, -0.1) is 0 Å². The van der Waals surface area contributed by atoms with Crippen LogP contribution < -0.4 is 4.74 Å². The number of ether oxygens (including phenoxy) is 1. The van der Waals surface area contributed by atoms with E-state index >= 15 is 0 Å². The number of para-hydroxylation sites is 5. The zero-order valence-electron chi connectivity index (χ0n) is 27.9. The molecule has 11 aromatic rings. The third-order valence-electron chi connectivity index (χ3n) is 10.9. The number of benzene rings is 8. The van der Waals surface area contributed by atoms with E-state index in [0.717, 1.165) is 72.6 Å². The van der Waals surface area contributed by atoms with E-state index in [2.05, 4.69) is 167 Å². The molecule has 52 heavy (non-hydrogen) atoms. The van der Waals surface area contributed by atoms with Crippen molar-refractivity contribution in [2.75, 3.05) is 0 Å². The Balaban J connectivity index is 0.990. The van der Waals surface area contributed by atoms with Crippen LogP contribution in [0.25, 0.3) is 99.2 Å². The molecule has 0 saturated carbocycles. The molecule has 0 aliphatic carbocycles. The van der Waals surface area contributed by atoms with Gasteiger partial charge in [0.05, 0.1) is 27.8 Å². The van der Waals surface area contributed by atoms with Gasteiger partial charge in [0.25, 0.3) is 0 Å². The van der Waals surface area contributed by atoms with Crippen molar-refractivity contribution in [1.82, 2.24) is 9.13 Å². The maximum absolute atomic E-state index is 6.57. The second-order valence-corrected chi connectivity index (χ2v) is 13.7. The maximum atomic E-state index is 6.57. The molecule has 0 fully saturated rings. The standard InChI is InChI=1S/C48H28N2O2/c1-5-15-41-34(9-1)38-13-8-18-45-48(38)50(41)47-33(12-7-17-44(47)52-45)29-19-23-32(24-20-29)49-40-14-4-2-10-35(40)39-27-30(22-26-42(39)49)31-21-25-37-36-11-3-6-16-43(36)51-46(37)28-31/h1-28H. The van der Waals surface area contributed by atoms with Crippen LogP contribution in [0.1, 0.15) is 0 Å². The molecule has 3 aromatic heterocycles. The van der Waals surface area contributed by atoms with Gasteiger partial charge in [-0.1, -0.05) is 103 Å². The van der Waals surface area contributed by atoms with Gasteiger partial charge in [-0.3, -0.25) is 0 Å². The molecule has 12 rings (SSSR count). The Morgan fingerprint density at radius 3 is 1.85 bits per heavy atom. The summed E-state index contributed by atoms with van der Waals surface area (Å²) in [6.45, 7) is 0. The zero-order valence-corrected chi connectivity index (χ0v) is 27.9. The minimum absolute atomic E-state index is 0.862. The predicted octanol–water partition coefficient (Wildman–Crippen LogP) is 13.2. The topological polar surface area (TPSA) is 32.2 Å². The number of hydrogen-bond donors (Lipinski definition) is 0. The normalized spacial score (nSPS) is 12.4. The lowest BCUT2D eigenvalue weighted by Gasteiger charge is -2.23. The SMILES string of the molecule is c1cc2c(c(-c3ccc(-n4c5ccccc5c5cc(-c6ccc7c(c6)oc6ccccc67)ccc54)cc3)c1)-n1c3ccccc3c3cccc(c31)O2. The number of furan rings is 1. The third kappa shape index (κ3) is 3.75. The molecule has 0 N–H and O–H groups in total. The number of rotatable bonds is 3. The molecule has 4 heteroatoms. The summed E-state index contributed by atoms with van der Waals surface area (Å²) in [6.07, 6.45) is 0. The van der Waals surface area contributed by atoms with Crippen LogP contribution in [0.3, 0.4) is 0 Å². The van der Waals surface area contributed by atoms with Crippen molar-refractivity contribution in [3.8, 4) is 45.1 Å². The molecule has 1 aliphatic rings. The highest BCUT2D eigenvalue weighted by molar-refractivity contribution is 6.13. The summed E-state index contributed by atoms with van der Waals surface area (Å²) in [4.78, 5) is 0. The van der Waals surface area contributed by atoms with Gasteiger partial charge >= 0.3 is 0 Å². The van der Waals surface area contributed by atoms with Gasteiger partial charge in [0.15, 0.2) is 11.5 Å². The molecular weight excluding hydrogens is 637 g/mol. The highest BCUT2D eigenvalue weighted by atomic mass is 16.5. The summed E-state index contributed by atoms with van der Waals surface area (Å²) < 4.78 is 17.6. The lowest BCUT2D eigenvalue weighted by molar-refractivity contribution is 0.477. The largest absolute Gasteiger partial charge is 0.456 e. The molecule has 1 aliphatic heterocycles. The number of nitrogens with zero attached hydrogens (tertiary/aromatic N) is 2. The van der Waals surface area contributed by atoms with Crippen molar-refractivity contribution >= 4 is 65.6 Å². The minimum Gasteiger partial charge on any atom is -0.456 e. The molecule has 0 saturated heterocycles. The predicted molar refractivity (Wildman–Crippen MR) is 213 cm³/mol. The Kier molecular flexibility index (Phi) is 5.47. The van der Waals surface area contributed by atoms with E-state index in [0.29, 0.717) is 0 Å². The molecule has 0 spiro atoms. The van der Waals surface area contributed by atoms with Crippen LogP contribution in [0.5, 0.6) is 11.5 Å². The van der Waals surface area contributed by atoms with Crippen LogP contribution in [0, 0.1) is 0 Å². The molecule has 4 nitrogen and oxygen atoms in total. The lowest BCUT2D eigenvalue weighted by atomic mass is 10.0. The van der Waals surface area contributed by atoms with E-state index in [1.165, 1.54) is 38.1 Å². The molecule has 0 bridgehead atoms. The fourth-order valence-electron chi connectivity index (χ4n) is 8.61. The van der Waals surface area contributed by atoms with Gasteiger partial charge in [0.1, 0.15) is 11.2 Å². The van der Waals surface area contributed by atoms with Gasteiger partial charge in [-0.2, -0.15) is 0 Å². The monoisotopic (exact) mass is 664 g/mol. The fourth-order valence-corrected chi connectivity index (χ4v) is 8.61. The van der Waals surface area contributed by atoms with E-state index in [1.54, 1.807) is 0 Å². The van der Waals surface area contributed by atoms with Crippen LogP contribution in [0.15, 0.2) is 174 Å². The second-order valence-electron chi connectivity index (χ2n) is 13.7. The van der Waals surface area contributed by atoms with E-state index in [9.17, 15) is 0 Å². The molecular formula is C48H28N2O2. The van der Waals surface area contributed by atoms with Crippen LogP contribution in [0.4, 0.5) is 0 Å². The van der Waals surface area contributed by atoms with E-state index in [-0.39, 0.29) is 0 Å². The average molecular weight is 665 g/mol. The summed E-state index contributed by atoms with van der Waals surface area (Å²) in [7, 11) is 0. The number of aromatic nitrogens is 2. The zero-order chi connectivity index (χ0) is 33.9. The van der Waals surface area contributed by atoms with Crippen LogP contribution in [-0.4, -0.2) is 9.13 Å². The molecule has 0 amide bonds. The Bertz CT molecular complexity index is 3270. The number of fused-ring (bicyclic) bond motifs is 11. The van der Waals surface area contributed by atoms with Gasteiger partial charge in [0.2, 0.25) is 0 Å². The summed E-state index contributed by atoms with van der Waals surface area (Å²) in [5.41, 5.74) is 13.2. The van der Waals surface area contributed by atoms with Crippen molar-refractivity contribution in [2.24, 2.45) is 0 Å². The average Bonchev–Trinajstić information content (AvgIpc) is 3.86. The highest BCUT2D eigenvalue weighted by Crippen LogP contribution is 2.48. The van der Waals surface area contributed by atoms with Crippen molar-refractivity contribution < 1.29 is 9.15 Å². The van der Waals surface area contributed by atoms with Gasteiger partial charge in [0, 0.05) is 43.6 Å². The Morgan fingerprint density at radius 1 is 0.365 bits per heavy atom. The molecule has 242 valence electrons. The van der Waals surface area contributed by atoms with Crippen molar-refractivity contribution in [1.29, 1.82) is 0 Å². The molecule has 0 unspecified atom stereocenters. The van der Waals surface area contributed by atoms with E-state index in [4.69, 9.17) is 9.15 Å². The van der Waals surface area contributed by atoms with Crippen LogP contribution in [-0.2, 0) is 0 Å². The smallest absolute Gasteiger partial charge is 0.152 e. The first-order valence-electron chi connectivity index (χ1n) is 17.7. The highest BCUT2D eigenvalue weighted by Gasteiger charge is 2.26. The summed E-state index contributed by atoms with van der Waals surface area (Å²) in [5.74, 6) is 1.75. The van der Waals surface area contributed by atoms with Crippen LogP contribution >= 0.6 is 0 Å². The van der Waals surface area contributed by atoms with E-state index in [1.807, 2.05) is 12.1 Å². The first-order chi connectivity index (χ1) is 25.8. The summed E-state index contributed by atoms with van der Waals surface area (Å²) >= 11 is 0. The van der Waals surface area contributed by atoms with Crippen molar-refractivity contribution in [3.05, 3.63) is 170 Å². The summed E-state index contributed by atoms with van der Waals surface area (Å²) in [5, 5.41) is 7.17. The van der Waals surface area contributed by atoms with E-state index < -0.39 is 0 Å². The maximum Gasteiger partial charge on any atom is 0.152 e. The Morgan fingerprint density at radius 2 is 0.981 bits per heavy atom. The van der Waals surface area contributed by atoms with Gasteiger partial charge < -0.3 is 18.3 Å². The first-order valence-corrected chi connectivity index (χ1v) is 17.7. The molecule has 0 atom stereocenters. The minimum atomic E-state index is 0.862. The fraction of sp³-hybridized carbons (Fsp3) is 0. The number of hydrogen-bond acceptors (Lipinski definition) is 2. The molecule has 8 aromatic carbocycles. The van der Waals surface area contributed by atoms with Crippen molar-refractivity contribution in [2.45, 2.75) is 0 Å². The summed E-state index contributed by atoms with van der Waals surface area (Å²) in [6, 6.07) is 60.6. The quantitative estimate of drug-likeness (QED) is 0.188. The van der Waals surface area contributed by atoms with Crippen molar-refractivity contribution in [3.63, 3.8) is 0 Å². The van der Waals surface area contributed by atoms with Crippen LogP contribution in [0.2, 0.25) is 0 Å². The lowest BCUT2D eigenvalue weighted by Crippen LogP contribution is -2.06. The Labute approximate surface area is 297 Å².